The molecule has 6 nitrogen and oxygen atoms in total. The molecule has 0 atom stereocenters. The van der Waals surface area contributed by atoms with Gasteiger partial charge >= 0.3 is 5.97 Å². The third kappa shape index (κ3) is 4.05. The fourth-order valence-corrected chi connectivity index (χ4v) is 3.04. The Morgan fingerprint density at radius 1 is 1.22 bits per heavy atom. The largest absolute Gasteiger partial charge is 0.494 e. The molecule has 0 spiro atoms. The van der Waals surface area contributed by atoms with Gasteiger partial charge in [0.25, 0.3) is 5.91 Å². The smallest absolute Gasteiger partial charge is 0.335 e. The average Bonchev–Trinajstić information content (AvgIpc) is 2.60. The SMILES string of the molecule is Cc1cccc(OCCCN2C(=O)C(C)(C)Oc3cc(C(=O)O)ccc32)c1. The van der Waals surface area contributed by atoms with E-state index in [2.05, 4.69) is 0 Å². The number of hydrogen-bond acceptors (Lipinski definition) is 4. The van der Waals surface area contributed by atoms with Gasteiger partial charge in [-0.2, -0.15) is 0 Å². The molecule has 0 radical (unpaired) electrons. The Morgan fingerprint density at radius 2 is 2.00 bits per heavy atom. The number of hydrogen-bond donors (Lipinski definition) is 1. The summed E-state index contributed by atoms with van der Waals surface area (Å²) in [7, 11) is 0. The number of fused-ring (bicyclic) bond motifs is 1. The molecule has 1 heterocycles. The number of carboxylic acid groups (broad SMARTS) is 1. The number of nitrogens with zero attached hydrogens (tertiary/aromatic N) is 1. The quantitative estimate of drug-likeness (QED) is 0.787. The van der Waals surface area contributed by atoms with Gasteiger partial charge in [0, 0.05) is 6.54 Å². The van der Waals surface area contributed by atoms with Gasteiger partial charge in [0.2, 0.25) is 0 Å². The summed E-state index contributed by atoms with van der Waals surface area (Å²) in [6.45, 7) is 6.29. The monoisotopic (exact) mass is 369 g/mol. The molecular weight excluding hydrogens is 346 g/mol. The fourth-order valence-electron chi connectivity index (χ4n) is 3.04. The Bertz CT molecular complexity index is 875. The van der Waals surface area contributed by atoms with Crippen molar-refractivity contribution >= 4 is 17.6 Å². The van der Waals surface area contributed by atoms with Crippen LogP contribution in [0.3, 0.4) is 0 Å². The average molecular weight is 369 g/mol. The van der Waals surface area contributed by atoms with Crippen molar-refractivity contribution in [1.29, 1.82) is 0 Å². The molecule has 27 heavy (non-hydrogen) atoms. The van der Waals surface area contributed by atoms with Gasteiger partial charge in [0.15, 0.2) is 5.60 Å². The Kier molecular flexibility index (Phi) is 5.08. The summed E-state index contributed by atoms with van der Waals surface area (Å²) in [4.78, 5) is 25.6. The molecular formula is C21H23NO5. The van der Waals surface area contributed by atoms with E-state index in [1.807, 2.05) is 31.2 Å². The van der Waals surface area contributed by atoms with Gasteiger partial charge in [0.1, 0.15) is 11.5 Å². The summed E-state index contributed by atoms with van der Waals surface area (Å²) in [5.74, 6) is 0.0112. The molecule has 0 aliphatic carbocycles. The van der Waals surface area contributed by atoms with Crippen LogP contribution in [0, 0.1) is 6.92 Å². The van der Waals surface area contributed by atoms with Crippen LogP contribution in [-0.2, 0) is 4.79 Å². The van der Waals surface area contributed by atoms with Crippen molar-refractivity contribution in [2.75, 3.05) is 18.1 Å². The zero-order chi connectivity index (χ0) is 19.6. The lowest BCUT2D eigenvalue weighted by Crippen LogP contribution is -2.53. The molecule has 1 aliphatic rings. The van der Waals surface area contributed by atoms with Gasteiger partial charge in [0.05, 0.1) is 17.9 Å². The first-order chi connectivity index (χ1) is 12.8. The van der Waals surface area contributed by atoms with Crippen LogP contribution >= 0.6 is 0 Å². The van der Waals surface area contributed by atoms with E-state index in [9.17, 15) is 14.7 Å². The minimum Gasteiger partial charge on any atom is -0.494 e. The van der Waals surface area contributed by atoms with Gasteiger partial charge in [-0.05, 0) is 63.1 Å². The highest BCUT2D eigenvalue weighted by Gasteiger charge is 2.40. The molecule has 0 aromatic heterocycles. The van der Waals surface area contributed by atoms with Crippen molar-refractivity contribution in [1.82, 2.24) is 0 Å². The maximum Gasteiger partial charge on any atom is 0.335 e. The van der Waals surface area contributed by atoms with E-state index >= 15 is 0 Å². The standard InChI is InChI=1S/C21H23NO5/c1-14-6-4-7-16(12-14)26-11-5-10-22-17-9-8-15(19(23)24)13-18(17)27-21(2,3)20(22)25/h4,6-9,12-13H,5,10-11H2,1-3H3,(H,23,24). The minimum atomic E-state index is -1.05. The Hall–Kier alpha value is -3.02. The van der Waals surface area contributed by atoms with Crippen LogP contribution < -0.4 is 14.4 Å². The number of ether oxygens (including phenoxy) is 2. The third-order valence-electron chi connectivity index (χ3n) is 4.41. The molecule has 1 amide bonds. The Morgan fingerprint density at radius 3 is 2.70 bits per heavy atom. The molecule has 0 saturated heterocycles. The molecule has 6 heteroatoms. The molecule has 3 rings (SSSR count). The van der Waals surface area contributed by atoms with E-state index in [1.165, 1.54) is 12.1 Å². The number of benzene rings is 2. The summed E-state index contributed by atoms with van der Waals surface area (Å²) < 4.78 is 11.5. The van der Waals surface area contributed by atoms with E-state index in [0.717, 1.165) is 11.3 Å². The van der Waals surface area contributed by atoms with Gasteiger partial charge in [-0.25, -0.2) is 4.79 Å². The second-order valence-electron chi connectivity index (χ2n) is 7.08. The van der Waals surface area contributed by atoms with Crippen LogP contribution in [0.4, 0.5) is 5.69 Å². The maximum absolute atomic E-state index is 12.8. The summed E-state index contributed by atoms with van der Waals surface area (Å²) >= 11 is 0. The first-order valence-electron chi connectivity index (χ1n) is 8.86. The summed E-state index contributed by atoms with van der Waals surface area (Å²) in [5.41, 5.74) is 0.781. The number of anilines is 1. The highest BCUT2D eigenvalue weighted by Crippen LogP contribution is 2.38. The minimum absolute atomic E-state index is 0.127. The van der Waals surface area contributed by atoms with Crippen molar-refractivity contribution in [2.45, 2.75) is 32.8 Å². The fraction of sp³-hybridized carbons (Fsp3) is 0.333. The van der Waals surface area contributed by atoms with E-state index in [0.29, 0.717) is 31.0 Å². The predicted octanol–water partition coefficient (Wildman–Crippen LogP) is 3.67. The van der Waals surface area contributed by atoms with Crippen LogP contribution in [0.2, 0.25) is 0 Å². The second-order valence-corrected chi connectivity index (χ2v) is 7.08. The van der Waals surface area contributed by atoms with E-state index in [1.54, 1.807) is 24.8 Å². The van der Waals surface area contributed by atoms with Gasteiger partial charge in [-0.3, -0.25) is 4.79 Å². The van der Waals surface area contributed by atoms with Crippen molar-refractivity contribution in [2.24, 2.45) is 0 Å². The van der Waals surface area contributed by atoms with Crippen LogP contribution in [0.5, 0.6) is 11.5 Å². The number of aromatic carboxylic acids is 1. The molecule has 0 bridgehead atoms. The summed E-state index contributed by atoms with van der Waals surface area (Å²) in [5, 5.41) is 9.18. The summed E-state index contributed by atoms with van der Waals surface area (Å²) in [6, 6.07) is 12.4. The number of aryl methyl sites for hydroxylation is 1. The van der Waals surface area contributed by atoms with Crippen molar-refractivity contribution < 1.29 is 24.2 Å². The molecule has 0 unspecified atom stereocenters. The van der Waals surface area contributed by atoms with E-state index in [4.69, 9.17) is 9.47 Å². The topological polar surface area (TPSA) is 76.1 Å². The lowest BCUT2D eigenvalue weighted by Gasteiger charge is -2.39. The van der Waals surface area contributed by atoms with Crippen molar-refractivity contribution in [3.05, 3.63) is 53.6 Å². The normalized spacial score (nSPS) is 15.1. The van der Waals surface area contributed by atoms with Gasteiger partial charge in [-0.15, -0.1) is 0 Å². The first kappa shape index (κ1) is 18.8. The predicted molar refractivity (Wildman–Crippen MR) is 102 cm³/mol. The highest BCUT2D eigenvalue weighted by atomic mass is 16.5. The molecule has 142 valence electrons. The lowest BCUT2D eigenvalue weighted by atomic mass is 10.0. The number of carbonyl (C=O) groups excluding carboxylic acids is 1. The van der Waals surface area contributed by atoms with Crippen LogP contribution in [0.1, 0.15) is 36.2 Å². The lowest BCUT2D eigenvalue weighted by molar-refractivity contribution is -0.132. The maximum atomic E-state index is 12.8. The number of carbonyl (C=O) groups is 2. The van der Waals surface area contributed by atoms with Gasteiger partial charge < -0.3 is 19.5 Å². The van der Waals surface area contributed by atoms with Crippen molar-refractivity contribution in [3.63, 3.8) is 0 Å². The number of amides is 1. The number of rotatable bonds is 6. The number of carboxylic acids is 1. The molecule has 1 N–H and O–H groups in total. The van der Waals surface area contributed by atoms with Crippen LogP contribution in [0.15, 0.2) is 42.5 Å². The van der Waals surface area contributed by atoms with Crippen LogP contribution in [0.25, 0.3) is 0 Å². The molecule has 2 aromatic rings. The zero-order valence-electron chi connectivity index (χ0n) is 15.7. The Labute approximate surface area is 158 Å². The van der Waals surface area contributed by atoms with Crippen LogP contribution in [-0.4, -0.2) is 35.7 Å². The first-order valence-corrected chi connectivity index (χ1v) is 8.86. The zero-order valence-corrected chi connectivity index (χ0v) is 15.7. The van der Waals surface area contributed by atoms with Crippen molar-refractivity contribution in [3.8, 4) is 11.5 Å². The molecule has 2 aromatic carbocycles. The van der Waals surface area contributed by atoms with E-state index in [-0.39, 0.29) is 11.5 Å². The summed E-state index contributed by atoms with van der Waals surface area (Å²) in [6.07, 6.45) is 0.635. The molecule has 0 saturated carbocycles. The highest BCUT2D eigenvalue weighted by molar-refractivity contribution is 6.03. The van der Waals surface area contributed by atoms with E-state index < -0.39 is 11.6 Å². The van der Waals surface area contributed by atoms with Gasteiger partial charge in [-0.1, -0.05) is 12.1 Å². The molecule has 1 aliphatic heterocycles. The Balaban J connectivity index is 1.72. The second kappa shape index (κ2) is 7.31. The third-order valence-corrected chi connectivity index (χ3v) is 4.41. The molecule has 0 fully saturated rings.